The van der Waals surface area contributed by atoms with Gasteiger partial charge < -0.3 is 10.4 Å². The molecule has 58 valence electrons. The average Bonchev–Trinajstić information content (AvgIpc) is 2.34. The van der Waals surface area contributed by atoms with Crippen LogP contribution in [0.3, 0.4) is 0 Å². The molecule has 1 saturated heterocycles. The van der Waals surface area contributed by atoms with Crippen LogP contribution in [0.2, 0.25) is 0 Å². The second kappa shape index (κ2) is 3.25. The van der Waals surface area contributed by atoms with Gasteiger partial charge in [-0.25, -0.2) is 0 Å². The van der Waals surface area contributed by atoms with Crippen LogP contribution in [0.4, 0.5) is 0 Å². The molecule has 1 rings (SSSR count). The summed E-state index contributed by atoms with van der Waals surface area (Å²) in [6.45, 7) is 0.792. The Morgan fingerprint density at radius 3 is 2.80 bits per heavy atom. The molecule has 2 N–H and O–H groups in total. The summed E-state index contributed by atoms with van der Waals surface area (Å²) in [6.07, 6.45) is 0.721. The van der Waals surface area contributed by atoms with Crippen LogP contribution in [0.5, 0.6) is 0 Å². The third-order valence-electron chi connectivity index (χ3n) is 1.78. The first kappa shape index (κ1) is 7.88. The topological polar surface area (TPSA) is 49.3 Å². The molecule has 0 aliphatic carbocycles. The molecule has 1 aliphatic rings. The zero-order valence-corrected chi connectivity index (χ0v) is 6.47. The van der Waals surface area contributed by atoms with Gasteiger partial charge in [-0.15, -0.1) is 0 Å². The summed E-state index contributed by atoms with van der Waals surface area (Å²) in [5, 5.41) is 11.4. The minimum atomic E-state index is -0.746. The van der Waals surface area contributed by atoms with Crippen LogP contribution in [0.25, 0.3) is 0 Å². The number of aliphatic carboxylic acids is 1. The quantitative estimate of drug-likeness (QED) is 0.499. The zero-order valence-electron chi connectivity index (χ0n) is 5.58. The molecule has 1 fully saturated rings. The lowest BCUT2D eigenvalue weighted by atomic mass is 10.1. The molecule has 1 heterocycles. The largest absolute Gasteiger partial charge is 0.480 e. The van der Waals surface area contributed by atoms with Gasteiger partial charge in [-0.2, -0.15) is 12.6 Å². The van der Waals surface area contributed by atoms with Crippen molar-refractivity contribution in [2.45, 2.75) is 12.5 Å². The predicted octanol–water partition coefficient (Wildman–Crippen LogP) is -0.0211. The van der Waals surface area contributed by atoms with E-state index in [9.17, 15) is 4.79 Å². The van der Waals surface area contributed by atoms with Crippen LogP contribution in [-0.4, -0.2) is 29.4 Å². The number of carboxylic acids is 1. The molecule has 0 aromatic carbocycles. The number of carbonyl (C=O) groups is 1. The van der Waals surface area contributed by atoms with E-state index in [2.05, 4.69) is 17.9 Å². The fourth-order valence-electron chi connectivity index (χ4n) is 1.14. The first-order chi connectivity index (χ1) is 4.74. The van der Waals surface area contributed by atoms with Crippen molar-refractivity contribution in [1.29, 1.82) is 0 Å². The third-order valence-corrected chi connectivity index (χ3v) is 2.29. The highest BCUT2D eigenvalue weighted by Gasteiger charge is 2.27. The van der Waals surface area contributed by atoms with E-state index >= 15 is 0 Å². The van der Waals surface area contributed by atoms with Crippen LogP contribution in [-0.2, 0) is 4.79 Å². The van der Waals surface area contributed by atoms with Crippen molar-refractivity contribution in [3.8, 4) is 0 Å². The summed E-state index contributed by atoms with van der Waals surface area (Å²) in [4.78, 5) is 10.4. The van der Waals surface area contributed by atoms with E-state index in [1.54, 1.807) is 0 Å². The lowest BCUT2D eigenvalue weighted by Crippen LogP contribution is -2.29. The van der Waals surface area contributed by atoms with Crippen molar-refractivity contribution in [1.82, 2.24) is 5.32 Å². The second-order valence-electron chi connectivity index (χ2n) is 2.58. The fourth-order valence-corrected chi connectivity index (χ4v) is 1.41. The van der Waals surface area contributed by atoms with Crippen LogP contribution >= 0.6 is 12.6 Å². The Labute approximate surface area is 65.2 Å². The van der Waals surface area contributed by atoms with Crippen molar-refractivity contribution < 1.29 is 9.90 Å². The summed E-state index contributed by atoms with van der Waals surface area (Å²) in [5.41, 5.74) is 0. The Balaban J connectivity index is 2.35. The molecule has 0 spiro atoms. The highest BCUT2D eigenvalue weighted by Crippen LogP contribution is 2.14. The van der Waals surface area contributed by atoms with E-state index in [-0.39, 0.29) is 6.04 Å². The molecule has 0 bridgehead atoms. The smallest absolute Gasteiger partial charge is 0.320 e. The Hall–Kier alpha value is -0.220. The minimum absolute atomic E-state index is 0.336. The molecule has 2 atom stereocenters. The second-order valence-corrected chi connectivity index (χ2v) is 2.95. The Kier molecular flexibility index (Phi) is 2.56. The molecule has 0 aromatic heterocycles. The SMILES string of the molecule is O=C(O)[C@@H]1C[C@H](CS)CN1. The molecule has 0 aromatic rings. The molecule has 4 heteroatoms. The van der Waals surface area contributed by atoms with E-state index in [0.29, 0.717) is 5.92 Å². The summed E-state index contributed by atoms with van der Waals surface area (Å²) < 4.78 is 0. The van der Waals surface area contributed by atoms with Crippen LogP contribution < -0.4 is 5.32 Å². The zero-order chi connectivity index (χ0) is 7.56. The van der Waals surface area contributed by atoms with E-state index in [1.165, 1.54) is 0 Å². The summed E-state index contributed by atoms with van der Waals surface area (Å²) in [6, 6.07) is -0.336. The molecule has 1 aliphatic heterocycles. The van der Waals surface area contributed by atoms with Gasteiger partial charge in [0.1, 0.15) is 6.04 Å². The van der Waals surface area contributed by atoms with E-state index < -0.39 is 5.97 Å². The molecule has 0 saturated carbocycles. The van der Waals surface area contributed by atoms with Crippen molar-refractivity contribution in [2.24, 2.45) is 5.92 Å². The number of thiol groups is 1. The number of rotatable bonds is 2. The Morgan fingerprint density at radius 2 is 2.50 bits per heavy atom. The molecule has 0 amide bonds. The monoisotopic (exact) mass is 161 g/mol. The molecular formula is C6H11NO2S. The van der Waals surface area contributed by atoms with Crippen LogP contribution in [0.15, 0.2) is 0 Å². The lowest BCUT2D eigenvalue weighted by molar-refractivity contribution is -0.139. The van der Waals surface area contributed by atoms with Gasteiger partial charge in [0, 0.05) is 0 Å². The number of nitrogens with one attached hydrogen (secondary N) is 1. The highest BCUT2D eigenvalue weighted by atomic mass is 32.1. The van der Waals surface area contributed by atoms with Gasteiger partial charge in [-0.1, -0.05) is 0 Å². The van der Waals surface area contributed by atoms with Crippen molar-refractivity contribution in [3.63, 3.8) is 0 Å². The number of hydrogen-bond donors (Lipinski definition) is 3. The van der Waals surface area contributed by atoms with Gasteiger partial charge in [0.15, 0.2) is 0 Å². The van der Waals surface area contributed by atoms with Gasteiger partial charge in [0.2, 0.25) is 0 Å². The maximum absolute atomic E-state index is 10.4. The predicted molar refractivity (Wildman–Crippen MR) is 41.4 cm³/mol. The molecule has 0 unspecified atom stereocenters. The number of hydrogen-bond acceptors (Lipinski definition) is 3. The first-order valence-electron chi connectivity index (χ1n) is 3.31. The van der Waals surface area contributed by atoms with Gasteiger partial charge >= 0.3 is 5.97 Å². The standard InChI is InChI=1S/C6H11NO2S/c8-6(9)5-1-4(3-10)2-7-5/h4-5,7,10H,1-3H2,(H,8,9)/t4-,5-/m0/s1. The van der Waals surface area contributed by atoms with Crippen LogP contribution in [0.1, 0.15) is 6.42 Å². The third kappa shape index (κ3) is 1.64. The molecular weight excluding hydrogens is 150 g/mol. The van der Waals surface area contributed by atoms with Gasteiger partial charge in [-0.05, 0) is 24.6 Å². The Morgan fingerprint density at radius 1 is 1.80 bits per heavy atom. The average molecular weight is 161 g/mol. The van der Waals surface area contributed by atoms with E-state index in [0.717, 1.165) is 18.7 Å². The number of carboxylic acid groups (broad SMARTS) is 1. The summed E-state index contributed by atoms with van der Waals surface area (Å²) in [7, 11) is 0. The van der Waals surface area contributed by atoms with Gasteiger partial charge in [-0.3, -0.25) is 4.79 Å². The molecule has 10 heavy (non-hydrogen) atoms. The van der Waals surface area contributed by atoms with Gasteiger partial charge in [0.25, 0.3) is 0 Å². The maximum atomic E-state index is 10.4. The highest BCUT2D eigenvalue weighted by molar-refractivity contribution is 7.80. The normalized spacial score (nSPS) is 32.5. The Bertz CT molecular complexity index is 140. The summed E-state index contributed by atoms with van der Waals surface area (Å²) >= 11 is 4.09. The van der Waals surface area contributed by atoms with E-state index in [4.69, 9.17) is 5.11 Å². The van der Waals surface area contributed by atoms with Crippen molar-refractivity contribution in [2.75, 3.05) is 12.3 Å². The maximum Gasteiger partial charge on any atom is 0.320 e. The van der Waals surface area contributed by atoms with Crippen molar-refractivity contribution >= 4 is 18.6 Å². The van der Waals surface area contributed by atoms with Gasteiger partial charge in [0.05, 0.1) is 0 Å². The molecule has 0 radical (unpaired) electrons. The van der Waals surface area contributed by atoms with Crippen LogP contribution in [0, 0.1) is 5.92 Å². The minimum Gasteiger partial charge on any atom is -0.480 e. The lowest BCUT2D eigenvalue weighted by Gasteiger charge is -2.01. The fraction of sp³-hybridized carbons (Fsp3) is 0.833. The summed E-state index contributed by atoms with van der Waals surface area (Å²) in [5.74, 6) is 0.463. The van der Waals surface area contributed by atoms with Crippen molar-refractivity contribution in [3.05, 3.63) is 0 Å². The van der Waals surface area contributed by atoms with E-state index in [1.807, 2.05) is 0 Å². The first-order valence-corrected chi connectivity index (χ1v) is 3.94. The molecule has 3 nitrogen and oxygen atoms in total.